The van der Waals surface area contributed by atoms with Crippen LogP contribution in [0, 0.1) is 0 Å². The summed E-state index contributed by atoms with van der Waals surface area (Å²) < 4.78 is 13.1. The first-order chi connectivity index (χ1) is 13.2. The number of benzene rings is 2. The molecule has 1 heterocycles. The quantitative estimate of drug-likeness (QED) is 0.425. The predicted octanol–water partition coefficient (Wildman–Crippen LogP) is 3.96. The number of aromatic nitrogens is 1. The average molecular weight is 365 g/mol. The maximum Gasteiger partial charge on any atom is 0.254 e. The van der Waals surface area contributed by atoms with E-state index in [2.05, 4.69) is 0 Å². The van der Waals surface area contributed by atoms with Crippen LogP contribution in [0.5, 0.6) is 11.5 Å². The average Bonchev–Trinajstić information content (AvgIpc) is 2.69. The van der Waals surface area contributed by atoms with Crippen molar-refractivity contribution in [2.24, 2.45) is 0 Å². The van der Waals surface area contributed by atoms with E-state index in [1.807, 2.05) is 61.5 Å². The highest BCUT2D eigenvalue weighted by Gasteiger charge is 2.11. The van der Waals surface area contributed by atoms with Gasteiger partial charge in [-0.15, -0.1) is 0 Å². The summed E-state index contributed by atoms with van der Waals surface area (Å²) in [5, 5.41) is 0.937. The molecule has 0 unspecified atom stereocenters. The van der Waals surface area contributed by atoms with Crippen LogP contribution in [0.4, 0.5) is 0 Å². The highest BCUT2D eigenvalue weighted by atomic mass is 16.5. The molecule has 1 aromatic heterocycles. The van der Waals surface area contributed by atoms with Gasteiger partial charge in [0.1, 0.15) is 17.8 Å². The zero-order valence-electron chi connectivity index (χ0n) is 15.4. The van der Waals surface area contributed by atoms with Crippen molar-refractivity contribution in [2.75, 3.05) is 13.2 Å². The molecule has 0 saturated carbocycles. The van der Waals surface area contributed by atoms with E-state index in [4.69, 9.17) is 9.47 Å². The molecule has 5 nitrogen and oxygen atoms in total. The molecule has 0 aliphatic carbocycles. The Balaban J connectivity index is 2.02. The number of rotatable bonds is 9. The molecule has 0 amide bonds. The number of carbonyl (C=O) groups excluding carboxylic acids is 1. The number of aryl methyl sites for hydroxylation is 1. The van der Waals surface area contributed by atoms with Gasteiger partial charge in [-0.1, -0.05) is 18.2 Å². The van der Waals surface area contributed by atoms with Crippen molar-refractivity contribution in [3.63, 3.8) is 0 Å². The molecule has 0 radical (unpaired) electrons. The van der Waals surface area contributed by atoms with Crippen LogP contribution in [0.25, 0.3) is 10.9 Å². The minimum Gasteiger partial charge on any atom is -0.457 e. The lowest BCUT2D eigenvalue weighted by Gasteiger charge is -2.14. The summed E-state index contributed by atoms with van der Waals surface area (Å²) in [6.07, 6.45) is 1.61. The molecule has 0 atom stereocenters. The topological polar surface area (TPSA) is 57.5 Å². The third-order valence-corrected chi connectivity index (χ3v) is 4.32. The second-order valence-electron chi connectivity index (χ2n) is 6.16. The van der Waals surface area contributed by atoms with Gasteiger partial charge in [0.05, 0.1) is 12.1 Å². The number of nitrogens with zero attached hydrogens (tertiary/aromatic N) is 1. The molecule has 5 heteroatoms. The smallest absolute Gasteiger partial charge is 0.254 e. The van der Waals surface area contributed by atoms with Crippen LogP contribution in [-0.4, -0.2) is 24.1 Å². The first-order valence-corrected chi connectivity index (χ1v) is 9.13. The Morgan fingerprint density at radius 3 is 2.59 bits per heavy atom. The van der Waals surface area contributed by atoms with Crippen LogP contribution < -0.4 is 10.3 Å². The number of aldehydes is 1. The van der Waals surface area contributed by atoms with Crippen LogP contribution in [0.1, 0.15) is 18.9 Å². The Morgan fingerprint density at radius 1 is 1.04 bits per heavy atom. The minimum absolute atomic E-state index is 0.0825. The van der Waals surface area contributed by atoms with Crippen molar-refractivity contribution >= 4 is 17.2 Å². The van der Waals surface area contributed by atoms with E-state index in [-0.39, 0.29) is 5.56 Å². The minimum atomic E-state index is -0.0825. The molecular formula is C22H23NO4. The number of ether oxygens (including phenoxy) is 2. The summed E-state index contributed by atoms with van der Waals surface area (Å²) in [7, 11) is 0. The molecule has 0 fully saturated rings. The lowest BCUT2D eigenvalue weighted by molar-refractivity contribution is -0.107. The number of carbonyl (C=O) groups is 1. The van der Waals surface area contributed by atoms with Gasteiger partial charge in [-0.25, -0.2) is 0 Å². The standard InChI is InChI=1S/C22H23NO4/c1-2-26-14-12-23-21-16-20(27-19-8-4-3-5-9-19)11-10-17(21)15-18(22(23)25)7-6-13-24/h3-5,8-11,13,15-16H,2,6-7,12,14H2,1H3. The van der Waals surface area contributed by atoms with E-state index in [9.17, 15) is 9.59 Å². The van der Waals surface area contributed by atoms with Crippen LogP contribution in [0.2, 0.25) is 0 Å². The van der Waals surface area contributed by atoms with Gasteiger partial charge < -0.3 is 18.8 Å². The molecule has 3 rings (SSSR count). The summed E-state index contributed by atoms with van der Waals surface area (Å²) in [6, 6.07) is 17.1. The van der Waals surface area contributed by atoms with Gasteiger partial charge in [0.2, 0.25) is 0 Å². The normalized spacial score (nSPS) is 10.9. The second kappa shape index (κ2) is 9.14. The Kier molecular flexibility index (Phi) is 6.39. The molecular weight excluding hydrogens is 342 g/mol. The number of fused-ring (bicyclic) bond motifs is 1. The maximum atomic E-state index is 12.9. The fourth-order valence-electron chi connectivity index (χ4n) is 3.02. The van der Waals surface area contributed by atoms with Gasteiger partial charge >= 0.3 is 0 Å². The second-order valence-corrected chi connectivity index (χ2v) is 6.16. The van der Waals surface area contributed by atoms with Crippen molar-refractivity contribution in [3.05, 3.63) is 70.5 Å². The molecule has 0 saturated heterocycles. The molecule has 27 heavy (non-hydrogen) atoms. The summed E-state index contributed by atoms with van der Waals surface area (Å²) in [6.45, 7) is 3.42. The highest BCUT2D eigenvalue weighted by molar-refractivity contribution is 5.81. The Morgan fingerprint density at radius 2 is 1.85 bits per heavy atom. The van der Waals surface area contributed by atoms with Crippen molar-refractivity contribution < 1.29 is 14.3 Å². The third kappa shape index (κ3) is 4.63. The van der Waals surface area contributed by atoms with Crippen molar-refractivity contribution in [2.45, 2.75) is 26.3 Å². The summed E-state index contributed by atoms with van der Waals surface area (Å²) >= 11 is 0. The van der Waals surface area contributed by atoms with Gasteiger partial charge in [0, 0.05) is 31.2 Å². The van der Waals surface area contributed by atoms with Gasteiger partial charge in [0.25, 0.3) is 5.56 Å². The van der Waals surface area contributed by atoms with Gasteiger partial charge in [-0.2, -0.15) is 0 Å². The molecule has 3 aromatic rings. The predicted molar refractivity (Wildman–Crippen MR) is 106 cm³/mol. The molecule has 0 spiro atoms. The van der Waals surface area contributed by atoms with Crippen LogP contribution in [0.15, 0.2) is 59.4 Å². The zero-order chi connectivity index (χ0) is 19.1. The van der Waals surface area contributed by atoms with Crippen LogP contribution >= 0.6 is 0 Å². The lowest BCUT2D eigenvalue weighted by Crippen LogP contribution is -2.26. The summed E-state index contributed by atoms with van der Waals surface area (Å²) in [4.78, 5) is 23.6. The number of hydrogen-bond donors (Lipinski definition) is 0. The Bertz CT molecular complexity index is 963. The van der Waals surface area contributed by atoms with Crippen molar-refractivity contribution in [3.8, 4) is 11.5 Å². The summed E-state index contributed by atoms with van der Waals surface area (Å²) in [5.74, 6) is 1.40. The largest absolute Gasteiger partial charge is 0.457 e. The maximum absolute atomic E-state index is 12.9. The van der Waals surface area contributed by atoms with Crippen molar-refractivity contribution in [1.82, 2.24) is 4.57 Å². The van der Waals surface area contributed by atoms with E-state index in [0.717, 1.165) is 22.9 Å². The van der Waals surface area contributed by atoms with E-state index in [0.29, 0.717) is 43.9 Å². The summed E-state index contributed by atoms with van der Waals surface area (Å²) in [5.41, 5.74) is 1.35. The zero-order valence-corrected chi connectivity index (χ0v) is 15.4. The monoisotopic (exact) mass is 365 g/mol. The molecule has 140 valence electrons. The number of pyridine rings is 1. The fourth-order valence-corrected chi connectivity index (χ4v) is 3.02. The lowest BCUT2D eigenvalue weighted by atomic mass is 10.1. The van der Waals surface area contributed by atoms with Gasteiger partial charge in [-0.3, -0.25) is 4.79 Å². The Hall–Kier alpha value is -2.92. The van der Waals surface area contributed by atoms with E-state index < -0.39 is 0 Å². The first-order valence-electron chi connectivity index (χ1n) is 9.13. The van der Waals surface area contributed by atoms with Crippen molar-refractivity contribution in [1.29, 1.82) is 0 Å². The van der Waals surface area contributed by atoms with Crippen LogP contribution in [0.3, 0.4) is 0 Å². The Labute approximate surface area is 158 Å². The van der Waals surface area contributed by atoms with Gasteiger partial charge in [0.15, 0.2) is 0 Å². The van der Waals surface area contributed by atoms with E-state index >= 15 is 0 Å². The number of hydrogen-bond acceptors (Lipinski definition) is 4. The van der Waals surface area contributed by atoms with Crippen LogP contribution in [-0.2, 0) is 22.5 Å². The molecule has 0 bridgehead atoms. The van der Waals surface area contributed by atoms with E-state index in [1.165, 1.54) is 0 Å². The van der Waals surface area contributed by atoms with Gasteiger partial charge in [-0.05, 0) is 49.1 Å². The molecule has 0 N–H and O–H groups in total. The fraction of sp³-hybridized carbons (Fsp3) is 0.273. The molecule has 0 aliphatic heterocycles. The highest BCUT2D eigenvalue weighted by Crippen LogP contribution is 2.25. The molecule has 0 aliphatic rings. The third-order valence-electron chi connectivity index (χ3n) is 4.32. The SMILES string of the molecule is CCOCCn1c(=O)c(CCC=O)cc2ccc(Oc3ccccc3)cc21. The first kappa shape index (κ1) is 18.9. The number of para-hydroxylation sites is 1. The molecule has 2 aromatic carbocycles. The van der Waals surface area contributed by atoms with E-state index in [1.54, 1.807) is 4.57 Å².